The van der Waals surface area contributed by atoms with E-state index in [4.69, 9.17) is 0 Å². The zero-order valence-corrected chi connectivity index (χ0v) is 14.1. The molecular weight excluding hydrogens is 312 g/mol. The van der Waals surface area contributed by atoms with Crippen molar-refractivity contribution in [3.05, 3.63) is 47.8 Å². The van der Waals surface area contributed by atoms with Crippen molar-refractivity contribution in [1.82, 2.24) is 20.4 Å². The van der Waals surface area contributed by atoms with E-state index in [9.17, 15) is 4.79 Å². The normalized spacial score (nSPS) is 13.4. The number of rotatable bonds is 7. The zero-order chi connectivity index (χ0) is 15.4. The lowest BCUT2D eigenvalue weighted by Gasteiger charge is -2.09. The molecule has 1 heterocycles. The Morgan fingerprint density at radius 1 is 1.26 bits per heavy atom. The van der Waals surface area contributed by atoms with E-state index in [1.165, 1.54) is 0 Å². The number of halogens is 1. The van der Waals surface area contributed by atoms with Crippen molar-refractivity contribution in [2.75, 3.05) is 20.1 Å². The van der Waals surface area contributed by atoms with Gasteiger partial charge >= 0.3 is 0 Å². The minimum Gasteiger partial charge on any atom is -0.352 e. The molecule has 1 fully saturated rings. The van der Waals surface area contributed by atoms with Crippen LogP contribution >= 0.6 is 12.4 Å². The molecule has 2 N–H and O–H groups in total. The van der Waals surface area contributed by atoms with Gasteiger partial charge in [0.15, 0.2) is 0 Å². The number of nitrogens with one attached hydrogen (secondary N) is 2. The molecule has 0 atom stereocenters. The van der Waals surface area contributed by atoms with Crippen molar-refractivity contribution in [1.29, 1.82) is 0 Å². The fourth-order valence-electron chi connectivity index (χ4n) is 2.62. The molecule has 1 saturated carbocycles. The smallest absolute Gasteiger partial charge is 0.254 e. The Hall–Kier alpha value is -1.85. The topological polar surface area (TPSA) is 58.9 Å². The summed E-state index contributed by atoms with van der Waals surface area (Å²) >= 11 is 0. The quantitative estimate of drug-likeness (QED) is 0.765. The first-order chi connectivity index (χ1) is 10.8. The number of carbonyl (C=O) groups is 1. The van der Waals surface area contributed by atoms with Gasteiger partial charge in [-0.3, -0.25) is 4.79 Å². The number of nitrogens with zero attached hydrogens (tertiary/aromatic N) is 2. The van der Waals surface area contributed by atoms with Crippen LogP contribution in [0.15, 0.2) is 36.5 Å². The summed E-state index contributed by atoms with van der Waals surface area (Å²) in [6, 6.07) is 10.0. The average Bonchev–Trinajstić information content (AvgIpc) is 3.30. The average molecular weight is 335 g/mol. The molecule has 124 valence electrons. The molecule has 1 aliphatic rings. The van der Waals surface area contributed by atoms with Crippen molar-refractivity contribution in [2.24, 2.45) is 0 Å². The van der Waals surface area contributed by atoms with Gasteiger partial charge in [-0.2, -0.15) is 5.10 Å². The summed E-state index contributed by atoms with van der Waals surface area (Å²) in [6.07, 6.45) is 4.90. The van der Waals surface area contributed by atoms with Crippen molar-refractivity contribution in [3.8, 4) is 5.69 Å². The molecule has 2 aromatic rings. The first-order valence-corrected chi connectivity index (χ1v) is 7.87. The van der Waals surface area contributed by atoms with Gasteiger partial charge < -0.3 is 10.6 Å². The molecule has 3 rings (SSSR count). The van der Waals surface area contributed by atoms with Gasteiger partial charge in [0.25, 0.3) is 5.91 Å². The molecule has 6 heteroatoms. The van der Waals surface area contributed by atoms with Crippen molar-refractivity contribution in [2.45, 2.75) is 25.2 Å². The molecule has 0 spiro atoms. The van der Waals surface area contributed by atoms with Crippen LogP contribution in [0.5, 0.6) is 0 Å². The molecule has 0 unspecified atom stereocenters. The maximum Gasteiger partial charge on any atom is 0.254 e. The molecule has 1 aromatic carbocycles. The second-order valence-electron chi connectivity index (χ2n) is 5.68. The molecule has 1 amide bonds. The van der Waals surface area contributed by atoms with Gasteiger partial charge in [-0.1, -0.05) is 18.2 Å². The summed E-state index contributed by atoms with van der Waals surface area (Å²) in [4.78, 5) is 12.4. The minimum atomic E-state index is -0.0137. The lowest BCUT2D eigenvalue weighted by atomic mass is 10.1. The molecule has 1 aliphatic carbocycles. The molecule has 1 aromatic heterocycles. The van der Waals surface area contributed by atoms with Crippen LogP contribution in [0, 0.1) is 0 Å². The maximum atomic E-state index is 12.4. The van der Waals surface area contributed by atoms with Crippen LogP contribution in [0.4, 0.5) is 0 Å². The molecule has 0 saturated heterocycles. The highest BCUT2D eigenvalue weighted by atomic mass is 35.5. The van der Waals surface area contributed by atoms with Gasteiger partial charge in [-0.05, 0) is 45.0 Å². The third kappa shape index (κ3) is 4.12. The summed E-state index contributed by atoms with van der Waals surface area (Å²) in [7, 11) is 1.91. The largest absolute Gasteiger partial charge is 0.352 e. The second kappa shape index (κ2) is 8.13. The number of amides is 1. The van der Waals surface area contributed by atoms with Gasteiger partial charge in [-0.25, -0.2) is 4.68 Å². The summed E-state index contributed by atoms with van der Waals surface area (Å²) in [5, 5.41) is 10.5. The van der Waals surface area contributed by atoms with E-state index in [2.05, 4.69) is 15.7 Å². The predicted molar refractivity (Wildman–Crippen MR) is 93.7 cm³/mol. The lowest BCUT2D eigenvalue weighted by molar-refractivity contribution is 0.0952. The molecule has 0 aliphatic heterocycles. The van der Waals surface area contributed by atoms with Crippen LogP contribution in [0.2, 0.25) is 0 Å². The molecule has 5 nitrogen and oxygen atoms in total. The van der Waals surface area contributed by atoms with Crippen LogP contribution in [0.3, 0.4) is 0 Å². The van der Waals surface area contributed by atoms with Crippen molar-refractivity contribution < 1.29 is 4.79 Å². The van der Waals surface area contributed by atoms with E-state index in [0.29, 0.717) is 12.5 Å². The summed E-state index contributed by atoms with van der Waals surface area (Å²) in [5.41, 5.74) is 2.78. The van der Waals surface area contributed by atoms with E-state index >= 15 is 0 Å². The Balaban J connectivity index is 0.00000192. The molecular formula is C17H23ClN4O. The standard InChI is InChI=1S/C17H22N4O.ClH/c1-18-10-5-11-19-17(22)15-12-20-21(16(15)13-8-9-13)14-6-3-2-4-7-14;/h2-4,6-7,12-13,18H,5,8-11H2,1H3,(H,19,22);1H. The second-order valence-corrected chi connectivity index (χ2v) is 5.68. The Morgan fingerprint density at radius 3 is 2.65 bits per heavy atom. The number of hydrogen-bond donors (Lipinski definition) is 2. The highest BCUT2D eigenvalue weighted by molar-refractivity contribution is 5.95. The third-order valence-electron chi connectivity index (χ3n) is 3.90. The van der Waals surface area contributed by atoms with Crippen LogP contribution in [-0.2, 0) is 0 Å². The fourth-order valence-corrected chi connectivity index (χ4v) is 2.62. The summed E-state index contributed by atoms with van der Waals surface area (Å²) in [5.74, 6) is 0.445. The van der Waals surface area contributed by atoms with E-state index in [1.807, 2.05) is 42.1 Å². The van der Waals surface area contributed by atoms with Crippen LogP contribution < -0.4 is 10.6 Å². The van der Waals surface area contributed by atoms with Crippen LogP contribution in [-0.4, -0.2) is 35.8 Å². The number of aromatic nitrogens is 2. The molecule has 23 heavy (non-hydrogen) atoms. The Kier molecular flexibility index (Phi) is 6.19. The Labute approximate surface area is 142 Å². The van der Waals surface area contributed by atoms with Gasteiger partial charge in [0.2, 0.25) is 0 Å². The summed E-state index contributed by atoms with van der Waals surface area (Å²) < 4.78 is 1.92. The SMILES string of the molecule is CNCCCNC(=O)c1cnn(-c2ccccc2)c1C1CC1.Cl. The van der Waals surface area contributed by atoms with Gasteiger partial charge in [0.1, 0.15) is 0 Å². The maximum absolute atomic E-state index is 12.4. The first-order valence-electron chi connectivity index (χ1n) is 7.87. The van der Waals surface area contributed by atoms with Gasteiger partial charge in [0.05, 0.1) is 23.1 Å². The lowest BCUT2D eigenvalue weighted by Crippen LogP contribution is -2.27. The highest BCUT2D eigenvalue weighted by Crippen LogP contribution is 2.42. The molecule has 0 radical (unpaired) electrons. The Bertz CT molecular complexity index is 637. The number of hydrogen-bond acceptors (Lipinski definition) is 3. The zero-order valence-electron chi connectivity index (χ0n) is 13.3. The van der Waals surface area contributed by atoms with Crippen molar-refractivity contribution >= 4 is 18.3 Å². The van der Waals surface area contributed by atoms with Gasteiger partial charge in [0, 0.05) is 12.5 Å². The summed E-state index contributed by atoms with van der Waals surface area (Å²) in [6.45, 7) is 1.58. The fraction of sp³-hybridized carbons (Fsp3) is 0.412. The van der Waals surface area contributed by atoms with E-state index in [1.54, 1.807) is 6.20 Å². The minimum absolute atomic E-state index is 0. The first kappa shape index (κ1) is 17.5. The van der Waals surface area contributed by atoms with Crippen molar-refractivity contribution in [3.63, 3.8) is 0 Å². The molecule has 0 bridgehead atoms. The third-order valence-corrected chi connectivity index (χ3v) is 3.90. The monoisotopic (exact) mass is 334 g/mol. The van der Waals surface area contributed by atoms with Crippen LogP contribution in [0.25, 0.3) is 5.69 Å². The predicted octanol–water partition coefficient (Wildman–Crippen LogP) is 2.51. The Morgan fingerprint density at radius 2 is 2.00 bits per heavy atom. The van der Waals surface area contributed by atoms with Crippen LogP contribution in [0.1, 0.15) is 41.2 Å². The van der Waals surface area contributed by atoms with E-state index in [-0.39, 0.29) is 18.3 Å². The number of para-hydroxylation sites is 1. The van der Waals surface area contributed by atoms with Gasteiger partial charge in [-0.15, -0.1) is 12.4 Å². The number of carbonyl (C=O) groups excluding carboxylic acids is 1. The van der Waals surface area contributed by atoms with E-state index in [0.717, 1.165) is 42.8 Å². The highest BCUT2D eigenvalue weighted by Gasteiger charge is 2.32. The number of benzene rings is 1. The van der Waals surface area contributed by atoms with E-state index < -0.39 is 0 Å².